The van der Waals surface area contributed by atoms with Crippen molar-refractivity contribution in [2.45, 2.75) is 181 Å². The van der Waals surface area contributed by atoms with E-state index in [1.165, 1.54) is 26.2 Å². The van der Waals surface area contributed by atoms with Crippen LogP contribution in [0.15, 0.2) is 42.5 Å². The lowest BCUT2D eigenvalue weighted by molar-refractivity contribution is -0.148. The van der Waals surface area contributed by atoms with Crippen molar-refractivity contribution in [1.29, 1.82) is 0 Å². The summed E-state index contributed by atoms with van der Waals surface area (Å²) in [5.74, 6) is -6.75. The Labute approximate surface area is 437 Å². The Hall–Kier alpha value is -5.60. The number of ether oxygens (including phenoxy) is 3. The fraction of sp³-hybridized carbons (Fsp3) is 0.704. The number of carboxylic acids is 2. The van der Waals surface area contributed by atoms with Gasteiger partial charge in [0.05, 0.1) is 55.2 Å². The first-order valence-corrected chi connectivity index (χ1v) is 26.1. The molecule has 2 aliphatic rings. The molecule has 1 heterocycles. The number of carboxylic acid groups (broad SMARTS) is 2. The van der Waals surface area contributed by atoms with Gasteiger partial charge in [-0.15, -0.1) is 0 Å². The lowest BCUT2D eigenvalue weighted by Gasteiger charge is -2.41. The molecular weight excluding hydrogens is 957 g/mol. The van der Waals surface area contributed by atoms with E-state index in [2.05, 4.69) is 16.0 Å². The lowest BCUT2D eigenvalue weighted by atomic mass is 9.77. The summed E-state index contributed by atoms with van der Waals surface area (Å²) in [4.78, 5) is 112. The third-order valence-electron chi connectivity index (χ3n) is 15.1. The van der Waals surface area contributed by atoms with Crippen LogP contribution in [0.2, 0.25) is 0 Å². The SMILES string of the molecule is CC[C@H](C)[C@@H]([C@@H](CC(=O)N1CCC[C@H]1[C@H](OC)[C@@H](C)C(=O)N[C@H](C)[C@@H](O)c1ccccc1)OC)N(C)C(=O)[C@@H](NC(=O)[C@H](C(C)C)N(C)C(=O)O[C@H]1/C=C/CC[C@@](C)(C(=O)N[C@@H](CC(=O)O)C(=O)O)CC1)C(C)C. The smallest absolute Gasteiger partial charge is 0.410 e. The molecule has 1 saturated heterocycles. The van der Waals surface area contributed by atoms with Crippen molar-refractivity contribution < 1.29 is 67.9 Å². The minimum atomic E-state index is -1.62. The summed E-state index contributed by atoms with van der Waals surface area (Å²) in [6.07, 6.45) is 1.54. The number of allylic oxidation sites excluding steroid dienone is 1. The average Bonchev–Trinajstić information content (AvgIpc) is 3.84. The van der Waals surface area contributed by atoms with Crippen LogP contribution in [0.4, 0.5) is 4.79 Å². The van der Waals surface area contributed by atoms with E-state index in [4.69, 9.17) is 19.3 Å². The quantitative estimate of drug-likeness (QED) is 0.0673. The fourth-order valence-corrected chi connectivity index (χ4v) is 10.3. The molecule has 0 saturated carbocycles. The van der Waals surface area contributed by atoms with Crippen LogP contribution >= 0.6 is 0 Å². The molecule has 0 bridgehead atoms. The van der Waals surface area contributed by atoms with E-state index < -0.39 is 126 Å². The molecule has 20 nitrogen and oxygen atoms in total. The number of hydrogen-bond acceptors (Lipinski definition) is 12. The van der Waals surface area contributed by atoms with Gasteiger partial charge < -0.3 is 55.3 Å². The highest BCUT2D eigenvalue weighted by Crippen LogP contribution is 2.34. The van der Waals surface area contributed by atoms with Gasteiger partial charge in [-0.3, -0.25) is 33.7 Å². The number of hydrogen-bond donors (Lipinski definition) is 6. The molecule has 0 unspecified atom stereocenters. The largest absolute Gasteiger partial charge is 0.481 e. The minimum Gasteiger partial charge on any atom is -0.481 e. The number of nitrogens with one attached hydrogen (secondary N) is 3. The molecule has 1 aliphatic carbocycles. The Kier molecular flexibility index (Phi) is 24.5. The molecule has 20 heteroatoms. The number of nitrogens with zero attached hydrogens (tertiary/aromatic N) is 3. The van der Waals surface area contributed by atoms with Crippen LogP contribution in [0.3, 0.4) is 0 Å². The average molecular weight is 1040 g/mol. The van der Waals surface area contributed by atoms with Crippen molar-refractivity contribution >= 4 is 47.6 Å². The second-order valence-corrected chi connectivity index (χ2v) is 21.2. The molecule has 0 aromatic heterocycles. The zero-order valence-electron chi connectivity index (χ0n) is 45.9. The number of carbonyl (C=O) groups excluding carboxylic acids is 6. The summed E-state index contributed by atoms with van der Waals surface area (Å²) >= 11 is 0. The second kappa shape index (κ2) is 28.9. The van der Waals surface area contributed by atoms with Crippen molar-refractivity contribution in [2.75, 3.05) is 34.9 Å². The summed E-state index contributed by atoms with van der Waals surface area (Å²) < 4.78 is 17.9. The normalized spacial score (nSPS) is 22.5. The monoisotopic (exact) mass is 1040 g/mol. The van der Waals surface area contributed by atoms with E-state index >= 15 is 0 Å². The van der Waals surface area contributed by atoms with Crippen molar-refractivity contribution in [2.24, 2.45) is 29.1 Å². The molecule has 0 spiro atoms. The summed E-state index contributed by atoms with van der Waals surface area (Å²) in [5.41, 5.74) is -0.435. The van der Waals surface area contributed by atoms with E-state index in [-0.39, 0.29) is 37.0 Å². The molecule has 1 aromatic rings. The maximum absolute atomic E-state index is 14.7. The van der Waals surface area contributed by atoms with Crippen LogP contribution in [-0.2, 0) is 47.8 Å². The number of benzene rings is 1. The molecule has 6 amide bonds. The van der Waals surface area contributed by atoms with Crippen LogP contribution < -0.4 is 16.0 Å². The summed E-state index contributed by atoms with van der Waals surface area (Å²) in [5, 5.41) is 37.8. The first-order valence-electron chi connectivity index (χ1n) is 26.1. The number of aliphatic hydroxyl groups is 1. The van der Waals surface area contributed by atoms with E-state index in [0.717, 1.165) is 0 Å². The molecule has 0 radical (unpaired) electrons. The number of likely N-dealkylation sites (N-methyl/N-ethyl adjacent to an activating group) is 2. The first kappa shape index (κ1) is 62.7. The summed E-state index contributed by atoms with van der Waals surface area (Å²) in [6, 6.07) is 3.65. The number of rotatable bonds is 26. The van der Waals surface area contributed by atoms with Gasteiger partial charge in [0, 0.05) is 40.3 Å². The molecular formula is C54H86N6O14. The van der Waals surface area contributed by atoms with Crippen LogP contribution in [0.5, 0.6) is 0 Å². The van der Waals surface area contributed by atoms with Gasteiger partial charge in [0.1, 0.15) is 24.2 Å². The number of amides is 6. The first-order chi connectivity index (χ1) is 34.7. The van der Waals surface area contributed by atoms with Crippen molar-refractivity contribution in [1.82, 2.24) is 30.7 Å². The molecule has 6 N–H and O–H groups in total. The van der Waals surface area contributed by atoms with E-state index in [1.54, 1.807) is 89.6 Å². The molecule has 1 aromatic carbocycles. The Morgan fingerprint density at radius 1 is 0.824 bits per heavy atom. The van der Waals surface area contributed by atoms with Gasteiger partial charge in [0.25, 0.3) is 0 Å². The topological polar surface area (TPSA) is 271 Å². The Morgan fingerprint density at radius 2 is 1.47 bits per heavy atom. The Bertz CT molecular complexity index is 2090. The third-order valence-corrected chi connectivity index (χ3v) is 15.1. The number of methoxy groups -OCH3 is 2. The van der Waals surface area contributed by atoms with E-state index in [1.807, 2.05) is 32.0 Å². The molecule has 1 fully saturated rings. The summed E-state index contributed by atoms with van der Waals surface area (Å²) in [6.45, 7) is 16.6. The highest BCUT2D eigenvalue weighted by atomic mass is 16.6. The van der Waals surface area contributed by atoms with Gasteiger partial charge in [0.2, 0.25) is 29.5 Å². The predicted molar refractivity (Wildman–Crippen MR) is 276 cm³/mol. The van der Waals surface area contributed by atoms with Crippen LogP contribution in [0.25, 0.3) is 0 Å². The standard InChI is InChI=1S/C54H86N6O14/c1-14-33(6)45(40(72-12)30-41(61)60-28-20-24-39(60)47(73-13)34(7)48(65)55-35(8)46(64)36-21-16-15-17-22-36)58(10)50(67)43(31(2)3)57-49(66)44(32(4)5)59(11)53(71)74-37-23-18-19-26-54(9,27-25-37)52(70)56-38(51(68)69)29-42(62)63/h15-18,21-23,31-35,37-40,43-47,64H,14,19-20,24-30H2,1-13H3,(H,55,65)(H,56,70)(H,57,66)(H,62,63)(H,68,69)/b23-18+/t33-,34+,35+,37-,38-,39-,40+,43-,44-,45-,46+,47+,54+/m0/s1. The number of aliphatic carboxylic acids is 2. The minimum absolute atomic E-state index is 0.0847. The van der Waals surface area contributed by atoms with Crippen LogP contribution in [-0.4, -0.2) is 167 Å². The molecule has 416 valence electrons. The van der Waals surface area contributed by atoms with Crippen molar-refractivity contribution in [3.63, 3.8) is 0 Å². The zero-order chi connectivity index (χ0) is 55.8. The number of carbonyl (C=O) groups is 8. The van der Waals surface area contributed by atoms with Gasteiger partial charge in [0.15, 0.2) is 0 Å². The van der Waals surface area contributed by atoms with Gasteiger partial charge in [-0.05, 0) is 74.8 Å². The zero-order valence-corrected chi connectivity index (χ0v) is 45.9. The number of likely N-dealkylation sites (tertiary alicyclic amines) is 1. The van der Waals surface area contributed by atoms with Crippen LogP contribution in [0.1, 0.15) is 132 Å². The van der Waals surface area contributed by atoms with Crippen LogP contribution in [0, 0.1) is 29.1 Å². The van der Waals surface area contributed by atoms with Crippen molar-refractivity contribution in [3.05, 3.63) is 48.0 Å². The molecule has 13 atom stereocenters. The van der Waals surface area contributed by atoms with Gasteiger partial charge in [-0.25, -0.2) is 9.59 Å². The van der Waals surface area contributed by atoms with Crippen molar-refractivity contribution in [3.8, 4) is 0 Å². The highest BCUT2D eigenvalue weighted by molar-refractivity contribution is 5.92. The maximum atomic E-state index is 14.7. The Morgan fingerprint density at radius 3 is 2.03 bits per heavy atom. The third kappa shape index (κ3) is 16.7. The van der Waals surface area contributed by atoms with Gasteiger partial charge in [-0.2, -0.15) is 0 Å². The predicted octanol–water partition coefficient (Wildman–Crippen LogP) is 4.93. The highest BCUT2D eigenvalue weighted by Gasteiger charge is 2.44. The molecule has 3 rings (SSSR count). The van der Waals surface area contributed by atoms with Gasteiger partial charge in [-0.1, -0.05) is 98.2 Å². The lowest BCUT2D eigenvalue weighted by Crippen LogP contribution is -2.60. The summed E-state index contributed by atoms with van der Waals surface area (Å²) in [7, 11) is 6.07. The fourth-order valence-electron chi connectivity index (χ4n) is 10.3. The molecule has 1 aliphatic heterocycles. The maximum Gasteiger partial charge on any atom is 0.410 e. The molecule has 74 heavy (non-hydrogen) atoms. The second-order valence-electron chi connectivity index (χ2n) is 21.2. The Balaban J connectivity index is 1.75. The van der Waals surface area contributed by atoms with E-state index in [0.29, 0.717) is 44.2 Å². The van der Waals surface area contributed by atoms with E-state index in [9.17, 15) is 48.6 Å². The van der Waals surface area contributed by atoms with Gasteiger partial charge >= 0.3 is 18.0 Å². The number of aliphatic hydroxyl groups excluding tert-OH is 1.